The van der Waals surface area contributed by atoms with Crippen LogP contribution in [0.3, 0.4) is 0 Å². The highest BCUT2D eigenvalue weighted by Gasteiger charge is 2.34. The molecule has 0 aliphatic heterocycles. The Labute approximate surface area is 188 Å². The van der Waals surface area contributed by atoms with Crippen molar-refractivity contribution in [3.8, 4) is 0 Å². The minimum atomic E-state index is -1.50. The number of hydrogen-bond acceptors (Lipinski definition) is 7. The van der Waals surface area contributed by atoms with Gasteiger partial charge in [-0.15, -0.1) is 0 Å². The van der Waals surface area contributed by atoms with Gasteiger partial charge >= 0.3 is 11.9 Å². The summed E-state index contributed by atoms with van der Waals surface area (Å²) in [5, 5.41) is 23.9. The smallest absolute Gasteiger partial charge is 0.326 e. The SMILES string of the molecule is CCOC(=O)C[C@H](c1ccc([N+](=O)[O-])cc1)[C@H](NC(=O)c1ccnc2ccccc12)C(=O)O. The van der Waals surface area contributed by atoms with Crippen molar-refractivity contribution >= 4 is 34.4 Å². The lowest BCUT2D eigenvalue weighted by Gasteiger charge is -2.25. The van der Waals surface area contributed by atoms with Gasteiger partial charge in [0.1, 0.15) is 6.04 Å². The number of rotatable bonds is 9. The lowest BCUT2D eigenvalue weighted by molar-refractivity contribution is -0.384. The monoisotopic (exact) mass is 451 g/mol. The molecular formula is C23H21N3O7. The maximum atomic E-state index is 13.1. The Kier molecular flexibility index (Phi) is 7.29. The third-order valence-corrected chi connectivity index (χ3v) is 5.07. The van der Waals surface area contributed by atoms with Crippen molar-refractivity contribution in [3.63, 3.8) is 0 Å². The van der Waals surface area contributed by atoms with E-state index in [-0.39, 0.29) is 24.3 Å². The predicted molar refractivity (Wildman–Crippen MR) is 118 cm³/mol. The number of esters is 1. The fraction of sp³-hybridized carbons (Fsp3) is 0.217. The molecule has 0 spiro atoms. The van der Waals surface area contributed by atoms with E-state index in [0.29, 0.717) is 16.5 Å². The average molecular weight is 451 g/mol. The van der Waals surface area contributed by atoms with Gasteiger partial charge in [0.25, 0.3) is 11.6 Å². The first-order chi connectivity index (χ1) is 15.8. The summed E-state index contributed by atoms with van der Waals surface area (Å²) in [5.74, 6) is -3.71. The fourth-order valence-electron chi connectivity index (χ4n) is 3.52. The zero-order chi connectivity index (χ0) is 24.0. The van der Waals surface area contributed by atoms with Crippen molar-refractivity contribution < 1.29 is 29.2 Å². The molecule has 1 aromatic heterocycles. The van der Waals surface area contributed by atoms with Crippen LogP contribution in [0.5, 0.6) is 0 Å². The molecule has 1 amide bonds. The van der Waals surface area contributed by atoms with Crippen LogP contribution < -0.4 is 5.32 Å². The number of carboxylic acids is 1. The Morgan fingerprint density at radius 3 is 2.45 bits per heavy atom. The maximum Gasteiger partial charge on any atom is 0.326 e. The molecule has 0 aliphatic carbocycles. The third kappa shape index (κ3) is 5.48. The van der Waals surface area contributed by atoms with Gasteiger partial charge in [0, 0.05) is 29.6 Å². The van der Waals surface area contributed by atoms with E-state index in [9.17, 15) is 29.6 Å². The van der Waals surface area contributed by atoms with Gasteiger partial charge in [-0.3, -0.25) is 24.7 Å². The summed E-state index contributed by atoms with van der Waals surface area (Å²) in [6, 6.07) is 12.0. The van der Waals surface area contributed by atoms with Crippen molar-refractivity contribution in [3.05, 3.63) is 82.0 Å². The van der Waals surface area contributed by atoms with Gasteiger partial charge in [0.2, 0.25) is 0 Å². The van der Waals surface area contributed by atoms with Gasteiger partial charge in [-0.25, -0.2) is 4.79 Å². The molecule has 0 fully saturated rings. The number of carbonyl (C=O) groups is 3. The standard InChI is InChI=1S/C23H21N3O7/c1-2-33-20(27)13-18(14-7-9-15(10-8-14)26(31)32)21(23(29)30)25-22(28)17-11-12-24-19-6-4-3-5-16(17)19/h3-12,18,21H,2,13H2,1H3,(H,25,28)(H,29,30)/t18-,21+/m1/s1. The van der Waals surface area contributed by atoms with Gasteiger partial charge < -0.3 is 15.2 Å². The minimum absolute atomic E-state index is 0.0961. The fourth-order valence-corrected chi connectivity index (χ4v) is 3.52. The summed E-state index contributed by atoms with van der Waals surface area (Å²) in [4.78, 5) is 52.0. The van der Waals surface area contributed by atoms with Gasteiger partial charge in [-0.05, 0) is 24.6 Å². The molecule has 2 N–H and O–H groups in total. The molecule has 2 atom stereocenters. The largest absolute Gasteiger partial charge is 0.480 e. The zero-order valence-electron chi connectivity index (χ0n) is 17.6. The normalized spacial score (nSPS) is 12.5. The second-order valence-corrected chi connectivity index (χ2v) is 7.13. The summed E-state index contributed by atoms with van der Waals surface area (Å²) < 4.78 is 4.97. The van der Waals surface area contributed by atoms with Crippen LogP contribution in [0.1, 0.15) is 35.2 Å². The van der Waals surface area contributed by atoms with E-state index >= 15 is 0 Å². The van der Waals surface area contributed by atoms with Crippen LogP contribution in [0, 0.1) is 10.1 Å². The van der Waals surface area contributed by atoms with E-state index in [1.165, 1.54) is 36.5 Å². The predicted octanol–water partition coefficient (Wildman–Crippen LogP) is 3.06. The Balaban J connectivity index is 1.97. The summed E-state index contributed by atoms with van der Waals surface area (Å²) in [6.07, 6.45) is 1.10. The molecule has 0 radical (unpaired) electrons. The number of aliphatic carboxylic acids is 1. The van der Waals surface area contributed by atoms with Crippen LogP contribution in [-0.4, -0.2) is 45.5 Å². The number of nitrogens with zero attached hydrogens (tertiary/aromatic N) is 2. The third-order valence-electron chi connectivity index (χ3n) is 5.07. The molecule has 0 saturated heterocycles. The van der Waals surface area contributed by atoms with Crippen molar-refractivity contribution in [2.45, 2.75) is 25.3 Å². The summed E-state index contributed by atoms with van der Waals surface area (Å²) in [5.41, 5.74) is 0.939. The van der Waals surface area contributed by atoms with E-state index in [1.54, 1.807) is 31.2 Å². The number of amides is 1. The Morgan fingerprint density at radius 1 is 1.12 bits per heavy atom. The van der Waals surface area contributed by atoms with E-state index in [2.05, 4.69) is 10.3 Å². The Bertz CT molecular complexity index is 1190. The molecule has 2 aromatic carbocycles. The molecular weight excluding hydrogens is 430 g/mol. The number of fused-ring (bicyclic) bond motifs is 1. The molecule has 1 heterocycles. The molecule has 0 unspecified atom stereocenters. The van der Waals surface area contributed by atoms with Gasteiger partial charge in [-0.1, -0.05) is 30.3 Å². The zero-order valence-corrected chi connectivity index (χ0v) is 17.6. The molecule has 0 aliphatic rings. The number of carbonyl (C=O) groups excluding carboxylic acids is 2. The van der Waals surface area contributed by atoms with Crippen LogP contribution in [0.15, 0.2) is 60.8 Å². The highest BCUT2D eigenvalue weighted by Crippen LogP contribution is 2.27. The van der Waals surface area contributed by atoms with Crippen LogP contribution in [0.4, 0.5) is 5.69 Å². The first-order valence-corrected chi connectivity index (χ1v) is 10.1. The first kappa shape index (κ1) is 23.3. The average Bonchev–Trinajstić information content (AvgIpc) is 2.80. The minimum Gasteiger partial charge on any atom is -0.480 e. The number of aromatic nitrogens is 1. The number of non-ortho nitro benzene ring substituents is 1. The lowest BCUT2D eigenvalue weighted by Crippen LogP contribution is -2.45. The molecule has 3 aromatic rings. The molecule has 10 heteroatoms. The first-order valence-electron chi connectivity index (χ1n) is 10.1. The number of nitro benzene ring substituents is 1. The number of nitrogens with one attached hydrogen (secondary N) is 1. The number of benzene rings is 2. The van der Waals surface area contributed by atoms with Gasteiger partial charge in [0.15, 0.2) is 0 Å². The van der Waals surface area contributed by atoms with E-state index in [4.69, 9.17) is 4.74 Å². The summed E-state index contributed by atoms with van der Waals surface area (Å²) >= 11 is 0. The highest BCUT2D eigenvalue weighted by molar-refractivity contribution is 6.07. The molecule has 33 heavy (non-hydrogen) atoms. The van der Waals surface area contributed by atoms with E-state index < -0.39 is 34.7 Å². The molecule has 0 bridgehead atoms. The summed E-state index contributed by atoms with van der Waals surface area (Å²) in [7, 11) is 0. The van der Waals surface area contributed by atoms with Crippen molar-refractivity contribution in [1.82, 2.24) is 10.3 Å². The van der Waals surface area contributed by atoms with Crippen LogP contribution >= 0.6 is 0 Å². The maximum absolute atomic E-state index is 13.1. The van der Waals surface area contributed by atoms with Crippen molar-refractivity contribution in [1.29, 1.82) is 0 Å². The van der Waals surface area contributed by atoms with Crippen molar-refractivity contribution in [2.24, 2.45) is 0 Å². The van der Waals surface area contributed by atoms with Crippen molar-refractivity contribution in [2.75, 3.05) is 6.61 Å². The Hall–Kier alpha value is -4.34. The number of pyridine rings is 1. The molecule has 10 nitrogen and oxygen atoms in total. The number of carboxylic acid groups (broad SMARTS) is 1. The number of para-hydroxylation sites is 1. The number of nitro groups is 1. The van der Waals surface area contributed by atoms with Crippen LogP contribution in [0.2, 0.25) is 0 Å². The molecule has 3 rings (SSSR count). The summed E-state index contributed by atoms with van der Waals surface area (Å²) in [6.45, 7) is 1.71. The molecule has 170 valence electrons. The van der Waals surface area contributed by atoms with Crippen LogP contribution in [-0.2, 0) is 14.3 Å². The Morgan fingerprint density at radius 2 is 1.82 bits per heavy atom. The molecule has 0 saturated carbocycles. The second kappa shape index (κ2) is 10.3. The number of ether oxygens (including phenoxy) is 1. The van der Waals surface area contributed by atoms with Gasteiger partial charge in [-0.2, -0.15) is 0 Å². The highest BCUT2D eigenvalue weighted by atomic mass is 16.6. The quantitative estimate of drug-likeness (QED) is 0.286. The number of hydrogen-bond donors (Lipinski definition) is 2. The van der Waals surface area contributed by atoms with Crippen LogP contribution in [0.25, 0.3) is 10.9 Å². The lowest BCUT2D eigenvalue weighted by atomic mass is 9.88. The topological polar surface area (TPSA) is 149 Å². The van der Waals surface area contributed by atoms with E-state index in [1.807, 2.05) is 0 Å². The second-order valence-electron chi connectivity index (χ2n) is 7.13. The van der Waals surface area contributed by atoms with Gasteiger partial charge in [0.05, 0.1) is 29.0 Å². The van der Waals surface area contributed by atoms with E-state index in [0.717, 1.165) is 0 Å².